The van der Waals surface area contributed by atoms with E-state index in [-0.39, 0.29) is 0 Å². The Morgan fingerprint density at radius 1 is 1.10 bits per heavy atom. The van der Waals surface area contributed by atoms with E-state index >= 15 is 0 Å². The molecule has 0 atom stereocenters. The van der Waals surface area contributed by atoms with Crippen LogP contribution in [0.25, 0.3) is 11.1 Å². The van der Waals surface area contributed by atoms with Crippen molar-refractivity contribution in [1.82, 2.24) is 5.32 Å². The summed E-state index contributed by atoms with van der Waals surface area (Å²) in [6.45, 7) is 5.26. The minimum atomic E-state index is 0.709. The first kappa shape index (κ1) is 13.4. The van der Waals surface area contributed by atoms with Gasteiger partial charge in [0, 0.05) is 11.6 Å². The lowest BCUT2D eigenvalue weighted by Gasteiger charge is -2.11. The summed E-state index contributed by atoms with van der Waals surface area (Å²) in [6.07, 6.45) is 6.56. The molecule has 106 valence electrons. The smallest absolute Gasteiger partial charge is 0.125 e. The molecule has 1 saturated carbocycles. The largest absolute Gasteiger partial charge is 0.467 e. The van der Waals surface area contributed by atoms with Crippen LogP contribution in [0.2, 0.25) is 0 Å². The molecule has 2 heteroatoms. The highest BCUT2D eigenvalue weighted by atomic mass is 16.3. The van der Waals surface area contributed by atoms with Crippen LogP contribution in [0, 0.1) is 0 Å². The third-order valence-corrected chi connectivity index (χ3v) is 4.13. The molecule has 2 aromatic rings. The summed E-state index contributed by atoms with van der Waals surface area (Å²) in [5.74, 6) is 1.07. The second-order valence-electron chi connectivity index (χ2n) is 5.61. The van der Waals surface area contributed by atoms with E-state index in [4.69, 9.17) is 4.42 Å². The van der Waals surface area contributed by atoms with E-state index < -0.39 is 0 Å². The minimum absolute atomic E-state index is 0.709. The van der Waals surface area contributed by atoms with Crippen molar-refractivity contribution in [3.8, 4) is 11.1 Å². The zero-order chi connectivity index (χ0) is 13.9. The van der Waals surface area contributed by atoms with Gasteiger partial charge in [-0.2, -0.15) is 0 Å². The number of rotatable bonds is 6. The second-order valence-corrected chi connectivity index (χ2v) is 5.61. The summed E-state index contributed by atoms with van der Waals surface area (Å²) < 4.78 is 5.71. The SMILES string of the molecule is CCc1ccc(CC)c(-c2ccoc2CNC2CC2)c1. The quantitative estimate of drug-likeness (QED) is 0.844. The maximum Gasteiger partial charge on any atom is 0.125 e. The molecule has 1 N–H and O–H groups in total. The first-order chi connectivity index (χ1) is 9.81. The predicted molar refractivity (Wildman–Crippen MR) is 82.8 cm³/mol. The van der Waals surface area contributed by atoms with Gasteiger partial charge in [0.05, 0.1) is 12.8 Å². The summed E-state index contributed by atoms with van der Waals surface area (Å²) in [7, 11) is 0. The van der Waals surface area contributed by atoms with E-state index in [1.54, 1.807) is 0 Å². The molecule has 3 rings (SSSR count). The summed E-state index contributed by atoms with van der Waals surface area (Å²) in [5, 5.41) is 3.54. The third kappa shape index (κ3) is 2.80. The van der Waals surface area contributed by atoms with Gasteiger partial charge in [0.15, 0.2) is 0 Å². The molecule has 0 spiro atoms. The average Bonchev–Trinajstić information content (AvgIpc) is 3.21. The van der Waals surface area contributed by atoms with Crippen molar-refractivity contribution in [2.24, 2.45) is 0 Å². The van der Waals surface area contributed by atoms with Crippen molar-refractivity contribution in [1.29, 1.82) is 0 Å². The number of aryl methyl sites for hydroxylation is 2. The van der Waals surface area contributed by atoms with Gasteiger partial charge in [0.25, 0.3) is 0 Å². The molecule has 20 heavy (non-hydrogen) atoms. The van der Waals surface area contributed by atoms with Gasteiger partial charge in [-0.25, -0.2) is 0 Å². The highest BCUT2D eigenvalue weighted by molar-refractivity contribution is 5.70. The molecule has 0 aliphatic heterocycles. The van der Waals surface area contributed by atoms with Crippen LogP contribution in [-0.2, 0) is 19.4 Å². The van der Waals surface area contributed by atoms with Gasteiger partial charge in [-0.1, -0.05) is 32.0 Å². The van der Waals surface area contributed by atoms with E-state index in [0.717, 1.165) is 25.1 Å². The lowest BCUT2D eigenvalue weighted by Crippen LogP contribution is -2.15. The Kier molecular flexibility index (Phi) is 3.93. The number of nitrogens with one attached hydrogen (secondary N) is 1. The molecule has 0 amide bonds. The Bertz CT molecular complexity index is 581. The van der Waals surface area contributed by atoms with Gasteiger partial charge in [0.1, 0.15) is 5.76 Å². The van der Waals surface area contributed by atoms with Crippen LogP contribution in [0.15, 0.2) is 34.9 Å². The monoisotopic (exact) mass is 269 g/mol. The fourth-order valence-corrected chi connectivity index (χ4v) is 2.64. The normalized spacial score (nSPS) is 14.7. The Balaban J connectivity index is 1.92. The van der Waals surface area contributed by atoms with Crippen LogP contribution in [0.3, 0.4) is 0 Å². The molecule has 1 aliphatic carbocycles. The van der Waals surface area contributed by atoms with Crippen molar-refractivity contribution in [2.75, 3.05) is 0 Å². The van der Waals surface area contributed by atoms with Crippen molar-refractivity contribution < 1.29 is 4.42 Å². The Hall–Kier alpha value is -1.54. The van der Waals surface area contributed by atoms with Gasteiger partial charge < -0.3 is 9.73 Å². The zero-order valence-corrected chi connectivity index (χ0v) is 12.4. The van der Waals surface area contributed by atoms with Crippen LogP contribution in [-0.4, -0.2) is 6.04 Å². The van der Waals surface area contributed by atoms with Crippen molar-refractivity contribution in [3.63, 3.8) is 0 Å². The van der Waals surface area contributed by atoms with Crippen LogP contribution in [0.4, 0.5) is 0 Å². The predicted octanol–water partition coefficient (Wildman–Crippen LogP) is 4.32. The number of hydrogen-bond acceptors (Lipinski definition) is 2. The number of benzene rings is 1. The lowest BCUT2D eigenvalue weighted by molar-refractivity contribution is 0.483. The highest BCUT2D eigenvalue weighted by Crippen LogP contribution is 2.30. The van der Waals surface area contributed by atoms with E-state index in [1.807, 2.05) is 6.26 Å². The van der Waals surface area contributed by atoms with Crippen molar-refractivity contribution >= 4 is 0 Å². The van der Waals surface area contributed by atoms with Gasteiger partial charge in [0.2, 0.25) is 0 Å². The Labute approximate surface area is 121 Å². The number of furan rings is 1. The number of hydrogen-bond donors (Lipinski definition) is 1. The maximum atomic E-state index is 5.71. The van der Waals surface area contributed by atoms with Gasteiger partial charge in [-0.3, -0.25) is 0 Å². The molecule has 0 saturated heterocycles. The highest BCUT2D eigenvalue weighted by Gasteiger charge is 2.21. The second kappa shape index (κ2) is 5.84. The summed E-state index contributed by atoms with van der Waals surface area (Å²) in [6, 6.07) is 9.65. The first-order valence-electron chi connectivity index (χ1n) is 7.73. The fourth-order valence-electron chi connectivity index (χ4n) is 2.64. The third-order valence-electron chi connectivity index (χ3n) is 4.13. The molecule has 1 aliphatic rings. The Morgan fingerprint density at radius 2 is 1.95 bits per heavy atom. The topological polar surface area (TPSA) is 25.2 Å². The molecule has 0 bridgehead atoms. The van der Waals surface area contributed by atoms with E-state index in [9.17, 15) is 0 Å². The van der Waals surface area contributed by atoms with Crippen molar-refractivity contribution in [3.05, 3.63) is 47.4 Å². The Morgan fingerprint density at radius 3 is 2.65 bits per heavy atom. The molecule has 1 aromatic heterocycles. The molecular weight excluding hydrogens is 246 g/mol. The van der Waals surface area contributed by atoms with Gasteiger partial charge in [-0.05, 0) is 48.4 Å². The molecule has 1 heterocycles. The van der Waals surface area contributed by atoms with Gasteiger partial charge >= 0.3 is 0 Å². The minimum Gasteiger partial charge on any atom is -0.467 e. The fraction of sp³-hybridized carbons (Fsp3) is 0.444. The zero-order valence-electron chi connectivity index (χ0n) is 12.4. The molecule has 2 nitrogen and oxygen atoms in total. The van der Waals surface area contributed by atoms with Crippen LogP contribution >= 0.6 is 0 Å². The van der Waals surface area contributed by atoms with E-state index in [2.05, 4.69) is 43.4 Å². The molecule has 1 aromatic carbocycles. The summed E-state index contributed by atoms with van der Waals surface area (Å²) in [5.41, 5.74) is 5.38. The van der Waals surface area contributed by atoms with E-state index in [1.165, 1.54) is 35.1 Å². The molecule has 0 unspecified atom stereocenters. The molecule has 1 fully saturated rings. The average molecular weight is 269 g/mol. The van der Waals surface area contributed by atoms with Crippen LogP contribution in [0.1, 0.15) is 43.6 Å². The maximum absolute atomic E-state index is 5.71. The van der Waals surface area contributed by atoms with Crippen LogP contribution < -0.4 is 5.32 Å². The molecular formula is C18H23NO. The lowest BCUT2D eigenvalue weighted by atomic mass is 9.95. The standard InChI is InChI=1S/C18H23NO/c1-3-13-5-6-14(4-2)17(11-13)16-9-10-20-18(16)12-19-15-7-8-15/h5-6,9-11,15,19H,3-4,7-8,12H2,1-2H3. The van der Waals surface area contributed by atoms with Crippen molar-refractivity contribution in [2.45, 2.75) is 52.1 Å². The van der Waals surface area contributed by atoms with Gasteiger partial charge in [-0.15, -0.1) is 0 Å². The first-order valence-corrected chi connectivity index (χ1v) is 7.73. The summed E-state index contributed by atoms with van der Waals surface area (Å²) >= 11 is 0. The van der Waals surface area contributed by atoms with Crippen LogP contribution in [0.5, 0.6) is 0 Å². The van der Waals surface area contributed by atoms with E-state index in [0.29, 0.717) is 6.04 Å². The summed E-state index contributed by atoms with van der Waals surface area (Å²) in [4.78, 5) is 0. The molecule has 0 radical (unpaired) electrons.